The summed E-state index contributed by atoms with van der Waals surface area (Å²) in [6.07, 6.45) is 1.80. The maximum atomic E-state index is 11.9. The van der Waals surface area contributed by atoms with Crippen molar-refractivity contribution in [3.05, 3.63) is 51.3 Å². The molecule has 0 aliphatic heterocycles. The van der Waals surface area contributed by atoms with E-state index in [0.717, 1.165) is 22.4 Å². The maximum Gasteiger partial charge on any atom is 0.348 e. The normalized spacial score (nSPS) is 11.0. The highest BCUT2D eigenvalue weighted by Gasteiger charge is 2.06. The van der Waals surface area contributed by atoms with E-state index in [-0.39, 0.29) is 5.69 Å². The van der Waals surface area contributed by atoms with Gasteiger partial charge in [-0.2, -0.15) is 4.98 Å². The summed E-state index contributed by atoms with van der Waals surface area (Å²) in [6, 6.07) is 5.55. The Bertz CT molecular complexity index is 883. The Morgan fingerprint density at radius 2 is 2.14 bits per heavy atom. The van der Waals surface area contributed by atoms with Gasteiger partial charge in [0.25, 0.3) is 0 Å². The minimum absolute atomic E-state index is 0.231. The van der Waals surface area contributed by atoms with Crippen LogP contribution in [0, 0.1) is 13.8 Å². The number of aromatic nitrogens is 4. The molecule has 7 heteroatoms. The lowest BCUT2D eigenvalue weighted by Gasteiger charge is -2.11. The summed E-state index contributed by atoms with van der Waals surface area (Å²) in [5.74, 6) is 0.672. The molecular formula is C15H16ClN5O. The molecule has 0 amide bonds. The lowest BCUT2D eigenvalue weighted by molar-refractivity contribution is 0.647. The van der Waals surface area contributed by atoms with Crippen molar-refractivity contribution in [2.45, 2.75) is 20.4 Å². The van der Waals surface area contributed by atoms with Crippen molar-refractivity contribution in [1.82, 2.24) is 19.5 Å². The molecule has 0 unspecified atom stereocenters. The quantitative estimate of drug-likeness (QED) is 0.775. The standard InChI is InChI=1S/C15H16ClN5O/c1-9-7-10(2)21(15(22)19-9)6-5-17-13-8-12(16)11-3-4-18-14(11)20-13/h3-4,7-8H,5-6H2,1-2H3,(H2,17,18,20). The van der Waals surface area contributed by atoms with Crippen LogP contribution in [-0.4, -0.2) is 26.1 Å². The van der Waals surface area contributed by atoms with Gasteiger partial charge in [0.2, 0.25) is 0 Å². The van der Waals surface area contributed by atoms with Crippen molar-refractivity contribution in [3.63, 3.8) is 0 Å². The number of rotatable bonds is 4. The van der Waals surface area contributed by atoms with Crippen molar-refractivity contribution in [1.29, 1.82) is 0 Å². The highest BCUT2D eigenvalue weighted by Crippen LogP contribution is 2.24. The van der Waals surface area contributed by atoms with Crippen molar-refractivity contribution in [3.8, 4) is 0 Å². The van der Waals surface area contributed by atoms with Crippen LogP contribution >= 0.6 is 11.6 Å². The Hall–Kier alpha value is -2.34. The predicted molar refractivity (Wildman–Crippen MR) is 87.6 cm³/mol. The zero-order valence-corrected chi connectivity index (χ0v) is 13.1. The molecule has 3 aromatic rings. The molecule has 0 saturated carbocycles. The molecule has 114 valence electrons. The Morgan fingerprint density at radius 3 is 2.91 bits per heavy atom. The van der Waals surface area contributed by atoms with Gasteiger partial charge in [-0.3, -0.25) is 4.57 Å². The van der Waals surface area contributed by atoms with Crippen LogP contribution in [0.15, 0.2) is 29.2 Å². The van der Waals surface area contributed by atoms with Gasteiger partial charge in [0.15, 0.2) is 0 Å². The number of nitrogens with one attached hydrogen (secondary N) is 2. The number of nitrogens with zero attached hydrogens (tertiary/aromatic N) is 3. The summed E-state index contributed by atoms with van der Waals surface area (Å²) in [7, 11) is 0. The van der Waals surface area contributed by atoms with E-state index < -0.39 is 0 Å². The van der Waals surface area contributed by atoms with Crippen LogP contribution in [0.1, 0.15) is 11.4 Å². The fourth-order valence-corrected chi connectivity index (χ4v) is 2.69. The van der Waals surface area contributed by atoms with E-state index in [1.54, 1.807) is 16.8 Å². The third kappa shape index (κ3) is 2.82. The molecule has 0 bridgehead atoms. The molecule has 3 aromatic heterocycles. The molecule has 22 heavy (non-hydrogen) atoms. The van der Waals surface area contributed by atoms with Crippen LogP contribution in [0.4, 0.5) is 5.82 Å². The lowest BCUT2D eigenvalue weighted by atomic mass is 10.3. The average molecular weight is 318 g/mol. The zero-order valence-electron chi connectivity index (χ0n) is 12.4. The highest BCUT2D eigenvalue weighted by atomic mass is 35.5. The summed E-state index contributed by atoms with van der Waals surface area (Å²) in [5, 5.41) is 4.71. The molecule has 0 aliphatic carbocycles. The fraction of sp³-hybridized carbons (Fsp3) is 0.267. The van der Waals surface area contributed by atoms with E-state index >= 15 is 0 Å². The summed E-state index contributed by atoms with van der Waals surface area (Å²) >= 11 is 6.20. The van der Waals surface area contributed by atoms with E-state index in [1.807, 2.05) is 26.0 Å². The zero-order chi connectivity index (χ0) is 15.7. The van der Waals surface area contributed by atoms with E-state index in [9.17, 15) is 4.79 Å². The molecule has 0 aliphatic rings. The molecule has 0 radical (unpaired) electrons. The van der Waals surface area contributed by atoms with E-state index in [2.05, 4.69) is 20.3 Å². The van der Waals surface area contributed by atoms with E-state index in [0.29, 0.717) is 23.9 Å². The molecule has 0 fully saturated rings. The van der Waals surface area contributed by atoms with Crippen LogP contribution in [-0.2, 0) is 6.54 Å². The van der Waals surface area contributed by atoms with Gasteiger partial charge in [-0.1, -0.05) is 11.6 Å². The first-order chi connectivity index (χ1) is 10.5. The van der Waals surface area contributed by atoms with E-state index in [4.69, 9.17) is 11.6 Å². The van der Waals surface area contributed by atoms with E-state index in [1.165, 1.54) is 0 Å². The van der Waals surface area contributed by atoms with Gasteiger partial charge >= 0.3 is 5.69 Å². The van der Waals surface area contributed by atoms with Crippen molar-refractivity contribution in [2.24, 2.45) is 0 Å². The number of H-pyrrole nitrogens is 1. The molecule has 3 heterocycles. The molecular weight excluding hydrogens is 302 g/mol. The Balaban J connectivity index is 1.74. The second-order valence-corrected chi connectivity index (χ2v) is 5.54. The average Bonchev–Trinajstić information content (AvgIpc) is 2.90. The van der Waals surface area contributed by atoms with Gasteiger partial charge in [0.05, 0.1) is 5.02 Å². The minimum Gasteiger partial charge on any atom is -0.368 e. The second kappa shape index (κ2) is 5.81. The Kier molecular flexibility index (Phi) is 3.85. The summed E-state index contributed by atoms with van der Waals surface area (Å²) in [5.41, 5.74) is 2.13. The van der Waals surface area contributed by atoms with Gasteiger partial charge in [-0.15, -0.1) is 0 Å². The minimum atomic E-state index is -0.231. The monoisotopic (exact) mass is 317 g/mol. The molecule has 0 atom stereocenters. The SMILES string of the molecule is Cc1cc(C)n(CCNc2cc(Cl)c3cc[nH]c3n2)c(=O)n1. The number of halogens is 1. The molecule has 2 N–H and O–H groups in total. The fourth-order valence-electron chi connectivity index (χ4n) is 2.43. The smallest absolute Gasteiger partial charge is 0.348 e. The number of pyridine rings is 1. The number of aromatic amines is 1. The van der Waals surface area contributed by atoms with Gasteiger partial charge in [0, 0.05) is 36.1 Å². The number of aryl methyl sites for hydroxylation is 2. The Labute approximate surface area is 132 Å². The summed E-state index contributed by atoms with van der Waals surface area (Å²) in [6.45, 7) is 4.78. The molecule has 0 spiro atoms. The first kappa shape index (κ1) is 14.6. The third-order valence-electron chi connectivity index (χ3n) is 3.47. The van der Waals surface area contributed by atoms with Crippen LogP contribution < -0.4 is 11.0 Å². The molecule has 3 rings (SSSR count). The van der Waals surface area contributed by atoms with Crippen LogP contribution in [0.2, 0.25) is 5.02 Å². The molecule has 0 saturated heterocycles. The van der Waals surface area contributed by atoms with Crippen LogP contribution in [0.25, 0.3) is 11.0 Å². The van der Waals surface area contributed by atoms with Crippen LogP contribution in [0.3, 0.4) is 0 Å². The van der Waals surface area contributed by atoms with Crippen molar-refractivity contribution < 1.29 is 0 Å². The third-order valence-corrected chi connectivity index (χ3v) is 3.78. The summed E-state index contributed by atoms with van der Waals surface area (Å²) < 4.78 is 1.63. The Morgan fingerprint density at radius 1 is 1.32 bits per heavy atom. The first-order valence-electron chi connectivity index (χ1n) is 6.97. The van der Waals surface area contributed by atoms with Gasteiger partial charge in [0.1, 0.15) is 11.5 Å². The second-order valence-electron chi connectivity index (χ2n) is 5.13. The van der Waals surface area contributed by atoms with Crippen molar-refractivity contribution >= 4 is 28.5 Å². The largest absolute Gasteiger partial charge is 0.368 e. The number of anilines is 1. The molecule has 0 aromatic carbocycles. The molecule has 6 nitrogen and oxygen atoms in total. The number of fused-ring (bicyclic) bond motifs is 1. The maximum absolute atomic E-state index is 11.9. The first-order valence-corrected chi connectivity index (χ1v) is 7.35. The number of hydrogen-bond acceptors (Lipinski definition) is 4. The summed E-state index contributed by atoms with van der Waals surface area (Å²) in [4.78, 5) is 23.3. The van der Waals surface area contributed by atoms with Crippen LogP contribution in [0.5, 0.6) is 0 Å². The predicted octanol–water partition coefficient (Wildman–Crippen LogP) is 2.50. The lowest BCUT2D eigenvalue weighted by Crippen LogP contribution is -2.28. The van der Waals surface area contributed by atoms with Gasteiger partial charge in [-0.05, 0) is 32.0 Å². The van der Waals surface area contributed by atoms with Gasteiger partial charge in [-0.25, -0.2) is 9.78 Å². The van der Waals surface area contributed by atoms with Gasteiger partial charge < -0.3 is 10.3 Å². The number of hydrogen-bond donors (Lipinski definition) is 2. The topological polar surface area (TPSA) is 75.6 Å². The van der Waals surface area contributed by atoms with Crippen molar-refractivity contribution in [2.75, 3.05) is 11.9 Å². The highest BCUT2D eigenvalue weighted by molar-refractivity contribution is 6.35.